The van der Waals surface area contributed by atoms with Gasteiger partial charge in [-0.25, -0.2) is 9.79 Å². The number of carbonyl (C=O) groups excluding carboxylic acids is 1. The Kier molecular flexibility index (Phi) is 4.88. The van der Waals surface area contributed by atoms with Gasteiger partial charge in [0.15, 0.2) is 0 Å². The number of aliphatic imine (C=N–C) groups is 1. The Morgan fingerprint density at radius 3 is 2.93 bits per heavy atom. The number of hydrogen-bond acceptors (Lipinski definition) is 3. The molecule has 0 saturated carbocycles. The van der Waals surface area contributed by atoms with Gasteiger partial charge in [-0.3, -0.25) is 0 Å². The van der Waals surface area contributed by atoms with Crippen LogP contribution in [0.15, 0.2) is 23.2 Å². The van der Waals surface area contributed by atoms with Crippen molar-refractivity contribution in [1.29, 1.82) is 0 Å². The Labute approximate surface area is 93.7 Å². The van der Waals surface area contributed by atoms with E-state index in [4.69, 9.17) is 16.3 Å². The second kappa shape index (κ2) is 6.23. The van der Waals surface area contributed by atoms with Gasteiger partial charge in [-0.15, -0.1) is 0 Å². The summed E-state index contributed by atoms with van der Waals surface area (Å²) in [5.41, 5.74) is 1.11. The van der Waals surface area contributed by atoms with E-state index in [9.17, 15) is 4.79 Å². The predicted octanol–water partition coefficient (Wildman–Crippen LogP) is 2.62. The summed E-state index contributed by atoms with van der Waals surface area (Å²) in [6, 6.07) is 5.65. The van der Waals surface area contributed by atoms with Crippen LogP contribution in [0.5, 0.6) is 5.75 Å². The van der Waals surface area contributed by atoms with E-state index in [1.165, 1.54) is 6.08 Å². The maximum Gasteiger partial charge on any atom is 0.234 e. The number of aryl methyl sites for hydroxylation is 1. The predicted molar refractivity (Wildman–Crippen MR) is 59.3 cm³/mol. The molecule has 0 N–H and O–H groups in total. The van der Waals surface area contributed by atoms with Gasteiger partial charge in [0.05, 0.1) is 18.7 Å². The van der Waals surface area contributed by atoms with Crippen molar-refractivity contribution in [2.75, 3.05) is 13.7 Å². The number of methoxy groups -OCH3 is 1. The highest BCUT2D eigenvalue weighted by molar-refractivity contribution is 6.32. The van der Waals surface area contributed by atoms with Crippen LogP contribution in [0.4, 0.5) is 0 Å². The average Bonchev–Trinajstić information content (AvgIpc) is 2.25. The number of halogens is 1. The van der Waals surface area contributed by atoms with Crippen molar-refractivity contribution in [3.8, 4) is 5.75 Å². The van der Waals surface area contributed by atoms with Crippen LogP contribution >= 0.6 is 11.6 Å². The number of nitrogens with zero attached hydrogens (tertiary/aromatic N) is 1. The minimum absolute atomic E-state index is 0.507. The van der Waals surface area contributed by atoms with Crippen LogP contribution in [0.25, 0.3) is 0 Å². The topological polar surface area (TPSA) is 38.7 Å². The molecule has 0 fully saturated rings. The summed E-state index contributed by atoms with van der Waals surface area (Å²) < 4.78 is 5.04. The average molecular weight is 226 g/mol. The number of rotatable bonds is 5. The van der Waals surface area contributed by atoms with Gasteiger partial charge in [-0.2, -0.15) is 0 Å². The third kappa shape index (κ3) is 3.74. The van der Waals surface area contributed by atoms with Crippen molar-refractivity contribution < 1.29 is 9.53 Å². The highest BCUT2D eigenvalue weighted by Crippen LogP contribution is 2.25. The van der Waals surface area contributed by atoms with Crippen LogP contribution in [0.3, 0.4) is 0 Å². The maximum atomic E-state index is 9.82. The van der Waals surface area contributed by atoms with Gasteiger partial charge >= 0.3 is 0 Å². The standard InChI is InChI=1S/C11H12ClNO2/c1-15-11-5-4-9(7-10(11)12)3-2-6-13-8-14/h4-5,7H,2-3,6H2,1H3. The number of hydrogen-bond donors (Lipinski definition) is 0. The van der Waals surface area contributed by atoms with E-state index in [-0.39, 0.29) is 0 Å². The molecule has 0 aliphatic heterocycles. The Balaban J connectivity index is 2.55. The van der Waals surface area contributed by atoms with E-state index in [0.717, 1.165) is 18.4 Å². The second-order valence-corrected chi connectivity index (χ2v) is 3.45. The molecular formula is C11H12ClNO2. The monoisotopic (exact) mass is 225 g/mol. The van der Waals surface area contributed by atoms with Crippen LogP contribution in [0.1, 0.15) is 12.0 Å². The summed E-state index contributed by atoms with van der Waals surface area (Å²) in [5.74, 6) is 0.673. The minimum Gasteiger partial charge on any atom is -0.495 e. The molecule has 0 aliphatic carbocycles. The summed E-state index contributed by atoms with van der Waals surface area (Å²) >= 11 is 5.96. The highest BCUT2D eigenvalue weighted by Gasteiger charge is 2.01. The van der Waals surface area contributed by atoms with E-state index >= 15 is 0 Å². The SMILES string of the molecule is COc1ccc(CCCN=C=O)cc1Cl. The largest absolute Gasteiger partial charge is 0.495 e. The molecular weight excluding hydrogens is 214 g/mol. The van der Waals surface area contributed by atoms with E-state index in [1.54, 1.807) is 7.11 Å². The van der Waals surface area contributed by atoms with E-state index in [0.29, 0.717) is 17.3 Å². The molecule has 80 valence electrons. The van der Waals surface area contributed by atoms with E-state index in [2.05, 4.69) is 4.99 Å². The van der Waals surface area contributed by atoms with Crippen LogP contribution in [-0.2, 0) is 11.2 Å². The zero-order valence-corrected chi connectivity index (χ0v) is 9.25. The van der Waals surface area contributed by atoms with Gasteiger partial charge < -0.3 is 4.74 Å². The molecule has 0 radical (unpaired) electrons. The van der Waals surface area contributed by atoms with E-state index in [1.807, 2.05) is 18.2 Å². The third-order valence-electron chi connectivity index (χ3n) is 2.02. The lowest BCUT2D eigenvalue weighted by Gasteiger charge is -2.05. The van der Waals surface area contributed by atoms with Gasteiger partial charge in [0, 0.05) is 0 Å². The van der Waals surface area contributed by atoms with Crippen molar-refractivity contribution >= 4 is 17.7 Å². The number of ether oxygens (including phenoxy) is 1. The molecule has 3 nitrogen and oxygen atoms in total. The summed E-state index contributed by atoms with van der Waals surface area (Å²) in [5, 5.41) is 0.605. The van der Waals surface area contributed by atoms with Crippen molar-refractivity contribution in [2.45, 2.75) is 12.8 Å². The van der Waals surface area contributed by atoms with Gasteiger partial charge in [0.25, 0.3) is 0 Å². The zero-order chi connectivity index (χ0) is 11.1. The normalized spacial score (nSPS) is 9.47. The van der Waals surface area contributed by atoms with Crippen molar-refractivity contribution in [1.82, 2.24) is 0 Å². The fraction of sp³-hybridized carbons (Fsp3) is 0.364. The van der Waals surface area contributed by atoms with Gasteiger partial charge in [0.1, 0.15) is 5.75 Å². The molecule has 0 spiro atoms. The molecule has 0 atom stereocenters. The molecule has 15 heavy (non-hydrogen) atoms. The fourth-order valence-electron chi connectivity index (χ4n) is 1.27. The van der Waals surface area contributed by atoms with Crippen LogP contribution in [-0.4, -0.2) is 19.7 Å². The third-order valence-corrected chi connectivity index (χ3v) is 2.31. The van der Waals surface area contributed by atoms with Gasteiger partial charge in [0.2, 0.25) is 6.08 Å². The lowest BCUT2D eigenvalue weighted by Crippen LogP contribution is -1.90. The molecule has 0 aromatic heterocycles. The molecule has 0 amide bonds. The Bertz CT molecular complexity index is 373. The summed E-state index contributed by atoms with van der Waals surface area (Å²) in [7, 11) is 1.58. The van der Waals surface area contributed by atoms with Gasteiger partial charge in [-0.05, 0) is 30.5 Å². The van der Waals surface area contributed by atoms with E-state index < -0.39 is 0 Å². The lowest BCUT2D eigenvalue weighted by molar-refractivity contribution is 0.415. The second-order valence-electron chi connectivity index (χ2n) is 3.05. The van der Waals surface area contributed by atoms with Crippen LogP contribution in [0, 0.1) is 0 Å². The Morgan fingerprint density at radius 2 is 2.33 bits per heavy atom. The molecule has 0 heterocycles. The van der Waals surface area contributed by atoms with Crippen LogP contribution < -0.4 is 4.74 Å². The molecule has 1 rings (SSSR count). The molecule has 1 aromatic rings. The first-order chi connectivity index (χ1) is 7.27. The molecule has 4 heteroatoms. The minimum atomic E-state index is 0.507. The van der Waals surface area contributed by atoms with Crippen molar-refractivity contribution in [2.24, 2.45) is 4.99 Å². The molecule has 0 unspecified atom stereocenters. The van der Waals surface area contributed by atoms with Crippen molar-refractivity contribution in [3.05, 3.63) is 28.8 Å². The van der Waals surface area contributed by atoms with Crippen molar-refractivity contribution in [3.63, 3.8) is 0 Å². The first kappa shape index (κ1) is 11.8. The Hall–Kier alpha value is -1.31. The quantitative estimate of drug-likeness (QED) is 0.439. The first-order valence-corrected chi connectivity index (χ1v) is 5.01. The fourth-order valence-corrected chi connectivity index (χ4v) is 1.55. The summed E-state index contributed by atoms with van der Waals surface area (Å²) in [4.78, 5) is 13.3. The smallest absolute Gasteiger partial charge is 0.234 e. The summed E-state index contributed by atoms with van der Waals surface area (Å²) in [6.07, 6.45) is 3.17. The zero-order valence-electron chi connectivity index (χ0n) is 8.50. The first-order valence-electron chi connectivity index (χ1n) is 4.64. The maximum absolute atomic E-state index is 9.82. The number of isocyanates is 1. The Morgan fingerprint density at radius 1 is 1.53 bits per heavy atom. The summed E-state index contributed by atoms with van der Waals surface area (Å²) in [6.45, 7) is 0.507. The molecule has 0 aliphatic rings. The molecule has 1 aromatic carbocycles. The molecule has 0 bridgehead atoms. The molecule has 0 saturated heterocycles. The lowest BCUT2D eigenvalue weighted by atomic mass is 10.1. The van der Waals surface area contributed by atoms with Crippen LogP contribution in [0.2, 0.25) is 5.02 Å². The van der Waals surface area contributed by atoms with Gasteiger partial charge in [-0.1, -0.05) is 17.7 Å². The highest BCUT2D eigenvalue weighted by atomic mass is 35.5. The number of benzene rings is 1.